The fourth-order valence-electron chi connectivity index (χ4n) is 6.11. The van der Waals surface area contributed by atoms with Crippen molar-refractivity contribution in [2.24, 2.45) is 0 Å². The molecule has 7 rings (SSSR count). The van der Waals surface area contributed by atoms with Crippen LogP contribution in [-0.4, -0.2) is 31.2 Å². The molecule has 2 aliphatic carbocycles. The first-order valence-electron chi connectivity index (χ1n) is 15.6. The van der Waals surface area contributed by atoms with Crippen LogP contribution in [0.1, 0.15) is 72.9 Å². The number of alkyl halides is 6. The molecule has 0 saturated heterocycles. The molecule has 0 N–H and O–H groups in total. The van der Waals surface area contributed by atoms with Crippen LogP contribution in [-0.2, 0) is 38.0 Å². The van der Waals surface area contributed by atoms with Gasteiger partial charge < -0.3 is 9.15 Å². The Balaban J connectivity index is 0.000000165. The predicted octanol–water partition coefficient (Wildman–Crippen LogP) is 8.98. The topological polar surface area (TPSA) is 70.9 Å². The summed E-state index contributed by atoms with van der Waals surface area (Å²) in [7, 11) is 0. The molecule has 0 bridgehead atoms. The van der Waals surface area contributed by atoms with Crippen molar-refractivity contribution < 1.29 is 35.5 Å². The molecule has 3 aromatic heterocycles. The van der Waals surface area contributed by atoms with Crippen molar-refractivity contribution in [3.63, 3.8) is 0 Å². The zero-order valence-electron chi connectivity index (χ0n) is 25.7. The smallest absolute Gasteiger partial charge is 0.435 e. The monoisotopic (exact) mass is 657 g/mol. The lowest BCUT2D eigenvalue weighted by Gasteiger charge is -2.15. The molecule has 2 aliphatic rings. The summed E-state index contributed by atoms with van der Waals surface area (Å²) in [5, 5.41) is 7.76. The van der Waals surface area contributed by atoms with E-state index in [0.29, 0.717) is 77.7 Å². The summed E-state index contributed by atoms with van der Waals surface area (Å²) in [6.45, 7) is 2.64. The van der Waals surface area contributed by atoms with Gasteiger partial charge in [-0.2, -0.15) is 36.5 Å². The van der Waals surface area contributed by atoms with Crippen LogP contribution < -0.4 is 4.74 Å². The zero-order chi connectivity index (χ0) is 33.2. The van der Waals surface area contributed by atoms with Crippen LogP contribution in [0.3, 0.4) is 0 Å². The van der Waals surface area contributed by atoms with Gasteiger partial charge in [0.25, 0.3) is 0 Å². The molecule has 2 aromatic carbocycles. The molecule has 13 heteroatoms. The van der Waals surface area contributed by atoms with Crippen molar-refractivity contribution in [2.45, 2.75) is 77.1 Å². The first kappa shape index (κ1) is 32.4. The number of benzene rings is 2. The predicted molar refractivity (Wildman–Crippen MR) is 162 cm³/mol. The zero-order valence-corrected chi connectivity index (χ0v) is 25.7. The summed E-state index contributed by atoms with van der Waals surface area (Å²) in [6, 6.07) is 14.1. The molecule has 3 heterocycles. The molecule has 7 nitrogen and oxygen atoms in total. The summed E-state index contributed by atoms with van der Waals surface area (Å²) in [5.41, 5.74) is 2.63. The highest BCUT2D eigenvalue weighted by Gasteiger charge is 2.40. The Morgan fingerprint density at radius 3 is 1.64 bits per heavy atom. The minimum Gasteiger partial charge on any atom is -0.494 e. The molecule has 0 saturated carbocycles. The lowest BCUT2D eigenvalue weighted by atomic mass is 9.95. The fourth-order valence-corrected chi connectivity index (χ4v) is 6.11. The number of halogens is 6. The molecule has 0 radical (unpaired) electrons. The molecule has 248 valence electrons. The summed E-state index contributed by atoms with van der Waals surface area (Å²) in [4.78, 5) is 3.86. The minimum absolute atomic E-state index is 0.341. The molecular formula is C34H33F6N5O2. The van der Waals surface area contributed by atoms with Gasteiger partial charge in [-0.15, -0.1) is 0 Å². The van der Waals surface area contributed by atoms with Crippen molar-refractivity contribution in [1.29, 1.82) is 0 Å². The van der Waals surface area contributed by atoms with Crippen molar-refractivity contribution in [3.8, 4) is 28.4 Å². The average Bonchev–Trinajstić information content (AvgIpc) is 3.82. The highest BCUT2D eigenvalue weighted by molar-refractivity contribution is 5.58. The third-order valence-electron chi connectivity index (χ3n) is 8.28. The largest absolute Gasteiger partial charge is 0.494 e. The fraction of sp³-hybridized carbons (Fsp3) is 0.382. The molecule has 5 aromatic rings. The van der Waals surface area contributed by atoms with Crippen molar-refractivity contribution >= 4 is 0 Å². The van der Waals surface area contributed by atoms with Gasteiger partial charge >= 0.3 is 12.4 Å². The van der Waals surface area contributed by atoms with E-state index >= 15 is 0 Å². The number of rotatable bonds is 6. The van der Waals surface area contributed by atoms with Crippen molar-refractivity contribution in [1.82, 2.24) is 24.5 Å². The lowest BCUT2D eigenvalue weighted by Crippen LogP contribution is -2.11. The quantitative estimate of drug-likeness (QED) is 0.171. The number of hydrogen-bond donors (Lipinski definition) is 0. The molecule has 0 fully saturated rings. The van der Waals surface area contributed by atoms with Gasteiger partial charge in [0.05, 0.1) is 24.2 Å². The van der Waals surface area contributed by atoms with Gasteiger partial charge in [-0.25, -0.2) is 14.3 Å². The third kappa shape index (κ3) is 6.93. The summed E-state index contributed by atoms with van der Waals surface area (Å²) < 4.78 is 93.0. The molecular weight excluding hydrogens is 624 g/mol. The van der Waals surface area contributed by atoms with E-state index in [2.05, 4.69) is 15.2 Å². The normalized spacial score (nSPS) is 14.6. The third-order valence-corrected chi connectivity index (χ3v) is 8.28. The standard InChI is InChI=1S/C17H14F3N3O.C17H19F3N2O/c18-17(19,20)16-13-3-1-2-4-14(13)23(22-16)12-7-5-11(6-8-12)15-9-21-10-24-15;1-2-11-23-13-9-7-12(8-10-13)22-15-6-4-3-5-14(15)16(21-22)17(18,19)20/h5-10H,1-4H2;7-10H,2-6,11H2,1H3. The maximum absolute atomic E-state index is 13.3. The van der Waals surface area contributed by atoms with Crippen LogP contribution in [0.15, 0.2) is 65.5 Å². The van der Waals surface area contributed by atoms with Gasteiger partial charge in [-0.05, 0) is 106 Å². The van der Waals surface area contributed by atoms with Crippen LogP contribution in [0.2, 0.25) is 0 Å². The molecule has 0 amide bonds. The lowest BCUT2D eigenvalue weighted by molar-refractivity contribution is -0.142. The first-order valence-corrected chi connectivity index (χ1v) is 15.6. The second kappa shape index (κ2) is 13.3. The Morgan fingerprint density at radius 1 is 0.702 bits per heavy atom. The maximum Gasteiger partial charge on any atom is 0.435 e. The Hall–Kier alpha value is -4.55. The van der Waals surface area contributed by atoms with E-state index in [1.165, 1.54) is 15.8 Å². The summed E-state index contributed by atoms with van der Waals surface area (Å²) in [6.07, 6.45) is 0.455. The van der Waals surface area contributed by atoms with E-state index in [0.717, 1.165) is 37.7 Å². The Morgan fingerprint density at radius 2 is 1.19 bits per heavy atom. The van der Waals surface area contributed by atoms with E-state index in [1.54, 1.807) is 54.7 Å². The van der Waals surface area contributed by atoms with Crippen molar-refractivity contribution in [3.05, 3.63) is 95.0 Å². The van der Waals surface area contributed by atoms with Gasteiger partial charge in [0.1, 0.15) is 5.75 Å². The molecule has 0 unspecified atom stereocenters. The van der Waals surface area contributed by atoms with E-state index in [4.69, 9.17) is 9.15 Å². The number of nitrogens with zero attached hydrogens (tertiary/aromatic N) is 5. The van der Waals surface area contributed by atoms with Gasteiger partial charge in [-0.3, -0.25) is 0 Å². The Labute approximate surface area is 267 Å². The van der Waals surface area contributed by atoms with E-state index in [-0.39, 0.29) is 0 Å². The van der Waals surface area contributed by atoms with E-state index < -0.39 is 23.7 Å². The SMILES string of the molecule is CCCOc1ccc(-n2nc(C(F)(F)F)c3c2CCCC3)cc1.FC(F)(F)c1nn(-c2ccc(-c3cnco3)cc2)c2c1CCCC2. The van der Waals surface area contributed by atoms with E-state index in [1.807, 2.05) is 6.92 Å². The summed E-state index contributed by atoms with van der Waals surface area (Å²) in [5.74, 6) is 1.33. The van der Waals surface area contributed by atoms with Gasteiger partial charge in [0.15, 0.2) is 23.5 Å². The Kier molecular flexibility index (Phi) is 9.16. The second-order valence-electron chi connectivity index (χ2n) is 11.5. The molecule has 0 aliphatic heterocycles. The molecule has 47 heavy (non-hydrogen) atoms. The second-order valence-corrected chi connectivity index (χ2v) is 11.5. The van der Waals surface area contributed by atoms with Gasteiger partial charge in [0.2, 0.25) is 0 Å². The van der Waals surface area contributed by atoms with Crippen LogP contribution in [0, 0.1) is 0 Å². The first-order chi connectivity index (χ1) is 22.5. The number of aromatic nitrogens is 5. The Bertz CT molecular complexity index is 1790. The number of hydrogen-bond acceptors (Lipinski definition) is 5. The number of oxazole rings is 1. The number of ether oxygens (including phenoxy) is 1. The van der Waals surface area contributed by atoms with E-state index in [9.17, 15) is 26.3 Å². The highest BCUT2D eigenvalue weighted by atomic mass is 19.4. The van der Waals surface area contributed by atoms with Crippen LogP contribution in [0.25, 0.3) is 22.7 Å². The minimum atomic E-state index is -4.42. The van der Waals surface area contributed by atoms with Gasteiger partial charge in [0, 0.05) is 28.1 Å². The number of fused-ring (bicyclic) bond motifs is 2. The van der Waals surface area contributed by atoms with Crippen LogP contribution in [0.4, 0.5) is 26.3 Å². The molecule has 0 spiro atoms. The van der Waals surface area contributed by atoms with Crippen LogP contribution >= 0.6 is 0 Å². The molecule has 0 atom stereocenters. The van der Waals surface area contributed by atoms with Crippen molar-refractivity contribution in [2.75, 3.05) is 6.61 Å². The van der Waals surface area contributed by atoms with Gasteiger partial charge in [-0.1, -0.05) is 6.92 Å². The maximum atomic E-state index is 13.3. The van der Waals surface area contributed by atoms with Crippen LogP contribution in [0.5, 0.6) is 5.75 Å². The summed E-state index contributed by atoms with van der Waals surface area (Å²) >= 11 is 0. The highest BCUT2D eigenvalue weighted by Crippen LogP contribution is 2.38. The average molecular weight is 658 g/mol.